The topological polar surface area (TPSA) is 83.5 Å². The first-order chi connectivity index (χ1) is 18.5. The van der Waals surface area contributed by atoms with E-state index in [9.17, 15) is 9.90 Å². The maximum Gasteiger partial charge on any atom is 0.303 e. The maximum atomic E-state index is 12.1. The van der Waals surface area contributed by atoms with E-state index in [1.165, 1.54) is 0 Å². The number of hydrogen-bond donors (Lipinski definition) is 1. The van der Waals surface area contributed by atoms with Gasteiger partial charge < -0.3 is 28.5 Å². The third kappa shape index (κ3) is 10.2. The predicted molar refractivity (Wildman–Crippen MR) is 156 cm³/mol. The van der Waals surface area contributed by atoms with Crippen LogP contribution in [0.15, 0.2) is 12.2 Å². The first kappa shape index (κ1) is 32.7. The van der Waals surface area contributed by atoms with Crippen LogP contribution in [0.4, 0.5) is 0 Å². The summed E-state index contributed by atoms with van der Waals surface area (Å²) in [7, 11) is -2.12. The molecular formula is C31H56O7Si. The SMILES string of the molecule is CCCCC[C@@H](C=C[C@@H]1[C@H](CC(=O)O)[C@H](O[Si](C)(C)C(C)(C)C)C[C@@H]1OC1CCCCO1)OC1CCCCO1. The Morgan fingerprint density at radius 2 is 1.69 bits per heavy atom. The van der Waals surface area contributed by atoms with Crippen molar-refractivity contribution in [3.05, 3.63) is 12.2 Å². The molecule has 2 unspecified atom stereocenters. The summed E-state index contributed by atoms with van der Waals surface area (Å²) in [6.07, 6.45) is 14.9. The van der Waals surface area contributed by atoms with Gasteiger partial charge in [-0.2, -0.15) is 0 Å². The maximum absolute atomic E-state index is 12.1. The Kier molecular flexibility index (Phi) is 13.0. The van der Waals surface area contributed by atoms with Crippen LogP contribution in [-0.4, -0.2) is 63.5 Å². The molecule has 226 valence electrons. The first-order valence-corrected chi connectivity index (χ1v) is 18.5. The minimum atomic E-state index is -2.12. The third-order valence-electron chi connectivity index (χ3n) is 9.10. The van der Waals surface area contributed by atoms with Gasteiger partial charge in [0.2, 0.25) is 0 Å². The zero-order chi connectivity index (χ0) is 28.5. The van der Waals surface area contributed by atoms with E-state index in [0.29, 0.717) is 6.42 Å². The van der Waals surface area contributed by atoms with Gasteiger partial charge >= 0.3 is 5.97 Å². The van der Waals surface area contributed by atoms with Gasteiger partial charge in [0.15, 0.2) is 20.9 Å². The van der Waals surface area contributed by atoms with Crippen LogP contribution in [0.3, 0.4) is 0 Å². The number of carboxylic acids is 1. The monoisotopic (exact) mass is 568 g/mol. The molecule has 0 aromatic carbocycles. The highest BCUT2D eigenvalue weighted by molar-refractivity contribution is 6.74. The number of hydrogen-bond acceptors (Lipinski definition) is 6. The molecule has 7 nitrogen and oxygen atoms in total. The normalized spacial score (nSPS) is 31.5. The van der Waals surface area contributed by atoms with Crippen LogP contribution in [0.2, 0.25) is 18.1 Å². The van der Waals surface area contributed by atoms with Crippen LogP contribution in [0.25, 0.3) is 0 Å². The van der Waals surface area contributed by atoms with E-state index in [-0.39, 0.29) is 54.2 Å². The minimum absolute atomic E-state index is 0.0374. The van der Waals surface area contributed by atoms with Gasteiger partial charge in [-0.15, -0.1) is 0 Å². The summed E-state index contributed by atoms with van der Waals surface area (Å²) in [6, 6.07) is 0. The first-order valence-electron chi connectivity index (χ1n) is 15.6. The lowest BCUT2D eigenvalue weighted by Gasteiger charge is -2.40. The van der Waals surface area contributed by atoms with Gasteiger partial charge in [0.1, 0.15) is 0 Å². The molecule has 3 rings (SSSR count). The van der Waals surface area contributed by atoms with Crippen molar-refractivity contribution in [1.82, 2.24) is 0 Å². The molecule has 2 aliphatic heterocycles. The molecule has 1 N–H and O–H groups in total. The van der Waals surface area contributed by atoms with Crippen molar-refractivity contribution in [2.24, 2.45) is 11.8 Å². The molecule has 0 aromatic heterocycles. The quantitative estimate of drug-likeness (QED) is 0.132. The molecular weight excluding hydrogens is 512 g/mol. The number of carbonyl (C=O) groups is 1. The molecule has 1 aliphatic carbocycles. The molecule has 0 bridgehead atoms. The minimum Gasteiger partial charge on any atom is -0.481 e. The van der Waals surface area contributed by atoms with E-state index >= 15 is 0 Å². The molecule has 3 fully saturated rings. The van der Waals surface area contributed by atoms with Gasteiger partial charge in [-0.25, -0.2) is 0 Å². The van der Waals surface area contributed by atoms with Gasteiger partial charge in [0.25, 0.3) is 0 Å². The highest BCUT2D eigenvalue weighted by atomic mass is 28.4. The summed E-state index contributed by atoms with van der Waals surface area (Å²) in [5.74, 6) is -1.03. The summed E-state index contributed by atoms with van der Waals surface area (Å²) in [4.78, 5) is 12.1. The second kappa shape index (κ2) is 15.5. The number of rotatable bonds is 14. The second-order valence-electron chi connectivity index (χ2n) is 13.3. The Bertz CT molecular complexity index is 753. The van der Waals surface area contributed by atoms with Crippen molar-refractivity contribution in [3.8, 4) is 0 Å². The van der Waals surface area contributed by atoms with Crippen molar-refractivity contribution in [2.75, 3.05) is 13.2 Å². The molecule has 3 aliphatic rings. The van der Waals surface area contributed by atoms with Gasteiger partial charge in [0.05, 0.1) is 24.7 Å². The molecule has 2 heterocycles. The fourth-order valence-corrected chi connectivity index (χ4v) is 7.12. The largest absolute Gasteiger partial charge is 0.481 e. The van der Waals surface area contributed by atoms with Gasteiger partial charge in [-0.05, 0) is 69.5 Å². The van der Waals surface area contributed by atoms with E-state index in [4.69, 9.17) is 23.4 Å². The summed E-state index contributed by atoms with van der Waals surface area (Å²) < 4.78 is 31.8. The Balaban J connectivity index is 1.84. The Labute approximate surface area is 238 Å². The van der Waals surface area contributed by atoms with E-state index in [1.54, 1.807) is 0 Å². The highest BCUT2D eigenvalue weighted by Gasteiger charge is 2.49. The van der Waals surface area contributed by atoms with Crippen LogP contribution in [0.5, 0.6) is 0 Å². The van der Waals surface area contributed by atoms with E-state index in [1.807, 2.05) is 0 Å². The van der Waals surface area contributed by atoms with Crippen LogP contribution in [0.1, 0.15) is 105 Å². The Morgan fingerprint density at radius 3 is 2.26 bits per heavy atom. The standard InChI is InChI=1S/C31H56O7Si/c1-7-8-9-14-23(36-29-15-10-12-19-34-29)17-18-24-25(21-28(32)33)27(38-39(5,6)31(2,3)4)22-26(24)37-30-16-11-13-20-35-30/h17-18,23-27,29-30H,7-16,19-22H2,1-6H3,(H,32,33)/t23-,24+,25-,26-,27+,29?,30?/m0/s1. The molecule has 1 saturated carbocycles. The fourth-order valence-electron chi connectivity index (χ4n) is 5.74. The van der Waals surface area contributed by atoms with E-state index < -0.39 is 14.3 Å². The summed E-state index contributed by atoms with van der Waals surface area (Å²) in [6.45, 7) is 14.9. The molecule has 2 saturated heterocycles. The van der Waals surface area contributed by atoms with Crippen LogP contribution >= 0.6 is 0 Å². The van der Waals surface area contributed by atoms with Crippen LogP contribution in [-0.2, 0) is 28.2 Å². The van der Waals surface area contributed by atoms with E-state index in [0.717, 1.165) is 77.4 Å². The lowest BCUT2D eigenvalue weighted by molar-refractivity contribution is -0.193. The van der Waals surface area contributed by atoms with Crippen LogP contribution in [0, 0.1) is 11.8 Å². The average molecular weight is 569 g/mol. The third-order valence-corrected chi connectivity index (χ3v) is 13.6. The smallest absolute Gasteiger partial charge is 0.303 e. The zero-order valence-corrected chi connectivity index (χ0v) is 26.5. The molecule has 39 heavy (non-hydrogen) atoms. The summed E-state index contributed by atoms with van der Waals surface area (Å²) in [5, 5.41) is 9.97. The molecule has 0 aromatic rings. The lowest BCUT2D eigenvalue weighted by atomic mass is 9.89. The average Bonchev–Trinajstić information content (AvgIpc) is 3.17. The lowest BCUT2D eigenvalue weighted by Crippen LogP contribution is -2.45. The number of ether oxygens (including phenoxy) is 4. The van der Waals surface area contributed by atoms with Crippen molar-refractivity contribution in [1.29, 1.82) is 0 Å². The van der Waals surface area contributed by atoms with Crippen LogP contribution < -0.4 is 0 Å². The number of aliphatic carboxylic acids is 1. The Hall–Kier alpha value is -0.773. The van der Waals surface area contributed by atoms with Crippen molar-refractivity contribution < 1.29 is 33.3 Å². The van der Waals surface area contributed by atoms with Crippen molar-refractivity contribution in [3.63, 3.8) is 0 Å². The fraction of sp³-hybridized carbons (Fsp3) is 0.903. The van der Waals surface area contributed by atoms with Gasteiger partial charge in [-0.3, -0.25) is 4.79 Å². The Morgan fingerprint density at radius 1 is 1.03 bits per heavy atom. The number of unbranched alkanes of at least 4 members (excludes halogenated alkanes) is 2. The van der Waals surface area contributed by atoms with Crippen molar-refractivity contribution in [2.45, 2.75) is 154 Å². The summed E-state index contributed by atoms with van der Waals surface area (Å²) in [5.41, 5.74) is 0. The molecule has 0 radical (unpaired) electrons. The zero-order valence-electron chi connectivity index (χ0n) is 25.5. The molecule has 7 atom stereocenters. The van der Waals surface area contributed by atoms with Crippen molar-refractivity contribution >= 4 is 14.3 Å². The van der Waals surface area contributed by atoms with E-state index in [2.05, 4.69) is 52.9 Å². The predicted octanol–water partition coefficient (Wildman–Crippen LogP) is 7.45. The van der Waals surface area contributed by atoms with Gasteiger partial charge in [0, 0.05) is 25.0 Å². The molecule has 0 spiro atoms. The number of carboxylic acid groups (broad SMARTS) is 1. The molecule has 8 heteroatoms. The highest BCUT2D eigenvalue weighted by Crippen LogP contribution is 2.45. The summed E-state index contributed by atoms with van der Waals surface area (Å²) >= 11 is 0. The molecule has 0 amide bonds. The second-order valence-corrected chi connectivity index (χ2v) is 18.1. The van der Waals surface area contributed by atoms with Gasteiger partial charge in [-0.1, -0.05) is 59.1 Å².